The second-order valence-electron chi connectivity index (χ2n) is 27.9. The van der Waals surface area contributed by atoms with Gasteiger partial charge in [-0.25, -0.2) is 9.13 Å². The van der Waals surface area contributed by atoms with E-state index in [1.165, 1.54) is 218 Å². The van der Waals surface area contributed by atoms with Crippen molar-refractivity contribution in [2.75, 3.05) is 39.6 Å². The average Bonchev–Trinajstić information content (AvgIpc) is 2.87. The van der Waals surface area contributed by atoms with E-state index in [9.17, 15) is 43.2 Å². The Bertz CT molecular complexity index is 1820. The Hall–Kier alpha value is -1.94. The fourth-order valence-corrected chi connectivity index (χ4v) is 13.3. The van der Waals surface area contributed by atoms with E-state index in [2.05, 4.69) is 34.6 Å². The molecule has 0 bridgehead atoms. The van der Waals surface area contributed by atoms with E-state index in [1.807, 2.05) is 0 Å². The van der Waals surface area contributed by atoms with E-state index in [0.29, 0.717) is 25.7 Å². The summed E-state index contributed by atoms with van der Waals surface area (Å²) in [7, 11) is -9.90. The van der Waals surface area contributed by atoms with Crippen LogP contribution in [0.2, 0.25) is 0 Å². The number of rotatable bonds is 76. The standard InChI is InChI=1S/C76H148O17P2/c1-6-9-12-15-17-19-21-23-24-25-26-27-30-35-39-43-47-52-57-62-76(81)93-72(66-87-74(79)60-55-50-45-41-37-34-31-28-29-33-36-40-44-49-53-58-69(4)5)68-91-95(84,85)89-64-70(77)63-88-94(82,83)90-67-71(65-86-73(78)59-54-48-14-11-8-3)92-75(80)61-56-51-46-42-38-32-22-20-18-16-13-10-7-2/h69-72,77H,6-68H2,1-5H3,(H,82,83)(H,84,85)/t70-,71+,72+/m0/s1. The third-order valence-corrected chi connectivity index (χ3v) is 19.7. The second kappa shape index (κ2) is 69.2. The number of aliphatic hydroxyl groups excluding tert-OH is 1. The monoisotopic (exact) mass is 1400 g/mol. The smallest absolute Gasteiger partial charge is 0.462 e. The quantitative estimate of drug-likeness (QED) is 0.0222. The lowest BCUT2D eigenvalue weighted by molar-refractivity contribution is -0.161. The molecule has 0 saturated carbocycles. The fourth-order valence-electron chi connectivity index (χ4n) is 11.7. The van der Waals surface area contributed by atoms with Gasteiger partial charge in [0.25, 0.3) is 0 Å². The number of aliphatic hydroxyl groups is 1. The van der Waals surface area contributed by atoms with Crippen LogP contribution in [-0.4, -0.2) is 96.7 Å². The van der Waals surface area contributed by atoms with Crippen molar-refractivity contribution in [1.29, 1.82) is 0 Å². The molecule has 0 radical (unpaired) electrons. The Morgan fingerprint density at radius 1 is 0.284 bits per heavy atom. The van der Waals surface area contributed by atoms with Crippen molar-refractivity contribution in [1.82, 2.24) is 0 Å². The first-order chi connectivity index (χ1) is 46.0. The van der Waals surface area contributed by atoms with E-state index >= 15 is 0 Å². The number of carbonyl (C=O) groups excluding carboxylic acids is 4. The van der Waals surface area contributed by atoms with Gasteiger partial charge in [-0.3, -0.25) is 37.3 Å². The number of phosphoric acid groups is 2. The highest BCUT2D eigenvalue weighted by Crippen LogP contribution is 2.45. The van der Waals surface area contributed by atoms with Crippen LogP contribution in [0.3, 0.4) is 0 Å². The summed E-state index contributed by atoms with van der Waals surface area (Å²) >= 11 is 0. The summed E-state index contributed by atoms with van der Waals surface area (Å²) in [6.45, 7) is 7.24. The fraction of sp³-hybridized carbons (Fsp3) is 0.947. The molecule has 95 heavy (non-hydrogen) atoms. The van der Waals surface area contributed by atoms with Gasteiger partial charge in [0.1, 0.15) is 19.3 Å². The summed E-state index contributed by atoms with van der Waals surface area (Å²) in [5, 5.41) is 10.6. The molecule has 3 N–H and O–H groups in total. The van der Waals surface area contributed by atoms with Crippen LogP contribution < -0.4 is 0 Å². The SMILES string of the molecule is CCCCCCCCCCCCCCCCCCCCCC(=O)O[C@H](COC(=O)CCCCCCCCCCCCCCCCCC(C)C)COP(=O)(O)OC[C@@H](O)COP(=O)(O)OC[C@@H](COC(=O)CCCCCCC)OC(=O)CCCCCCCCCCCCCCC. The number of phosphoric ester groups is 2. The molecule has 0 aliphatic heterocycles. The number of ether oxygens (including phenoxy) is 4. The first-order valence-corrected chi connectivity index (χ1v) is 42.6. The van der Waals surface area contributed by atoms with E-state index in [1.54, 1.807) is 0 Å². The molecule has 0 amide bonds. The maximum Gasteiger partial charge on any atom is 0.472 e. The maximum absolute atomic E-state index is 13.1. The summed E-state index contributed by atoms with van der Waals surface area (Å²) in [5.41, 5.74) is 0. The van der Waals surface area contributed by atoms with Crippen LogP contribution in [0.1, 0.15) is 401 Å². The van der Waals surface area contributed by atoms with Gasteiger partial charge in [-0.05, 0) is 31.6 Å². The van der Waals surface area contributed by atoms with Crippen molar-refractivity contribution in [3.63, 3.8) is 0 Å². The minimum atomic E-state index is -4.95. The molecular weight excluding hydrogens is 1250 g/mol. The topological polar surface area (TPSA) is 237 Å². The molecule has 564 valence electrons. The average molecular weight is 1400 g/mol. The lowest BCUT2D eigenvalue weighted by Crippen LogP contribution is -2.30. The molecule has 0 rings (SSSR count). The molecular formula is C76H148O17P2. The van der Waals surface area contributed by atoms with E-state index in [4.69, 9.17) is 37.0 Å². The van der Waals surface area contributed by atoms with Gasteiger partial charge in [-0.15, -0.1) is 0 Å². The van der Waals surface area contributed by atoms with Gasteiger partial charge in [0.2, 0.25) is 0 Å². The van der Waals surface area contributed by atoms with Crippen LogP contribution in [0, 0.1) is 5.92 Å². The first-order valence-electron chi connectivity index (χ1n) is 39.6. The number of carbonyl (C=O) groups is 4. The Morgan fingerprint density at radius 3 is 0.716 bits per heavy atom. The molecule has 0 heterocycles. The maximum atomic E-state index is 13.1. The minimum Gasteiger partial charge on any atom is -0.462 e. The second-order valence-corrected chi connectivity index (χ2v) is 30.8. The number of hydrogen-bond acceptors (Lipinski definition) is 15. The van der Waals surface area contributed by atoms with Crippen LogP contribution in [0.25, 0.3) is 0 Å². The Balaban J connectivity index is 5.13. The zero-order valence-electron chi connectivity index (χ0n) is 61.8. The third-order valence-electron chi connectivity index (χ3n) is 17.8. The van der Waals surface area contributed by atoms with Crippen molar-refractivity contribution in [2.24, 2.45) is 5.92 Å². The number of hydrogen-bond donors (Lipinski definition) is 3. The van der Waals surface area contributed by atoms with Gasteiger partial charge < -0.3 is 33.8 Å². The predicted octanol–water partition coefficient (Wildman–Crippen LogP) is 22.5. The molecule has 0 saturated heterocycles. The van der Waals surface area contributed by atoms with E-state index in [0.717, 1.165) is 102 Å². The molecule has 0 fully saturated rings. The Labute approximate surface area is 581 Å². The first kappa shape index (κ1) is 93.1. The largest absolute Gasteiger partial charge is 0.472 e. The highest BCUT2D eigenvalue weighted by atomic mass is 31.2. The highest BCUT2D eigenvalue weighted by Gasteiger charge is 2.30. The lowest BCUT2D eigenvalue weighted by Gasteiger charge is -2.21. The van der Waals surface area contributed by atoms with Crippen molar-refractivity contribution in [3.8, 4) is 0 Å². The zero-order valence-corrected chi connectivity index (χ0v) is 63.6. The molecule has 0 aromatic rings. The van der Waals surface area contributed by atoms with E-state index in [-0.39, 0.29) is 25.7 Å². The van der Waals surface area contributed by atoms with Crippen molar-refractivity contribution >= 4 is 39.5 Å². The summed E-state index contributed by atoms with van der Waals surface area (Å²) in [4.78, 5) is 72.5. The third kappa shape index (κ3) is 70.3. The predicted molar refractivity (Wildman–Crippen MR) is 386 cm³/mol. The zero-order chi connectivity index (χ0) is 69.8. The molecule has 0 aromatic carbocycles. The van der Waals surface area contributed by atoms with Crippen LogP contribution in [0.4, 0.5) is 0 Å². The van der Waals surface area contributed by atoms with E-state index < -0.39 is 97.5 Å². The molecule has 17 nitrogen and oxygen atoms in total. The summed E-state index contributed by atoms with van der Waals surface area (Å²) in [6.07, 6.45) is 58.7. The Morgan fingerprint density at radius 2 is 0.484 bits per heavy atom. The van der Waals surface area contributed by atoms with Crippen LogP contribution in [0.5, 0.6) is 0 Å². The van der Waals surface area contributed by atoms with Crippen LogP contribution in [0.15, 0.2) is 0 Å². The highest BCUT2D eigenvalue weighted by molar-refractivity contribution is 7.47. The normalized spacial score (nSPS) is 13.9. The molecule has 0 spiro atoms. The summed E-state index contributed by atoms with van der Waals surface area (Å²) < 4.78 is 68.3. The lowest BCUT2D eigenvalue weighted by atomic mass is 10.0. The molecule has 19 heteroatoms. The molecule has 0 aliphatic rings. The molecule has 2 unspecified atom stereocenters. The molecule has 5 atom stereocenters. The van der Waals surface area contributed by atoms with Gasteiger partial charge in [-0.2, -0.15) is 0 Å². The van der Waals surface area contributed by atoms with Crippen molar-refractivity contribution in [2.45, 2.75) is 419 Å². The van der Waals surface area contributed by atoms with Gasteiger partial charge in [0.15, 0.2) is 12.2 Å². The number of esters is 4. The van der Waals surface area contributed by atoms with Gasteiger partial charge >= 0.3 is 39.5 Å². The van der Waals surface area contributed by atoms with Crippen molar-refractivity contribution in [3.05, 3.63) is 0 Å². The molecule has 0 aliphatic carbocycles. The summed E-state index contributed by atoms with van der Waals surface area (Å²) in [6, 6.07) is 0. The van der Waals surface area contributed by atoms with Crippen molar-refractivity contribution < 1.29 is 80.2 Å². The minimum absolute atomic E-state index is 0.107. The van der Waals surface area contributed by atoms with Crippen LogP contribution in [-0.2, 0) is 65.4 Å². The molecule has 0 aromatic heterocycles. The van der Waals surface area contributed by atoms with Gasteiger partial charge in [-0.1, -0.05) is 349 Å². The van der Waals surface area contributed by atoms with Gasteiger partial charge in [0, 0.05) is 25.7 Å². The Kier molecular flexibility index (Phi) is 67.7. The van der Waals surface area contributed by atoms with Crippen LogP contribution >= 0.6 is 15.6 Å². The number of unbranched alkanes of at least 4 members (excludes halogenated alkanes) is 48. The summed E-state index contributed by atoms with van der Waals surface area (Å²) in [5.74, 6) is -1.32. The van der Waals surface area contributed by atoms with Gasteiger partial charge in [0.05, 0.1) is 26.4 Å².